The summed E-state index contributed by atoms with van der Waals surface area (Å²) in [5.41, 5.74) is 6.06. The SMILES string of the molecule is C=CCn1c(C)cc(C(=O)CSc2nnc3n(-c4ccc(C)cc4C)c(=O)c4ccccc4n23)c1C. The third-order valence-electron chi connectivity index (χ3n) is 6.51. The number of aromatic nitrogens is 5. The number of rotatable bonds is 7. The number of aryl methyl sites for hydroxylation is 3. The fourth-order valence-corrected chi connectivity index (χ4v) is 5.57. The van der Waals surface area contributed by atoms with E-state index in [4.69, 9.17) is 0 Å². The molecule has 7 nitrogen and oxygen atoms in total. The van der Waals surface area contributed by atoms with Crippen molar-refractivity contribution in [3.8, 4) is 5.69 Å². The van der Waals surface area contributed by atoms with E-state index in [1.54, 1.807) is 4.57 Å². The molecule has 0 bridgehead atoms. The summed E-state index contributed by atoms with van der Waals surface area (Å²) in [7, 11) is 0. The highest BCUT2D eigenvalue weighted by atomic mass is 32.2. The lowest BCUT2D eigenvalue weighted by atomic mass is 10.1. The summed E-state index contributed by atoms with van der Waals surface area (Å²) in [4.78, 5) is 26.8. The van der Waals surface area contributed by atoms with Gasteiger partial charge >= 0.3 is 0 Å². The van der Waals surface area contributed by atoms with Crippen molar-refractivity contribution in [3.63, 3.8) is 0 Å². The fraction of sp³-hybridized carbons (Fsp3) is 0.214. The minimum Gasteiger partial charge on any atom is -0.345 e. The van der Waals surface area contributed by atoms with Gasteiger partial charge in [-0.15, -0.1) is 16.8 Å². The lowest BCUT2D eigenvalue weighted by Crippen LogP contribution is -2.22. The molecule has 0 unspecified atom stereocenters. The average Bonchev–Trinajstić information content (AvgIpc) is 3.40. The summed E-state index contributed by atoms with van der Waals surface area (Å²) >= 11 is 1.32. The normalized spacial score (nSPS) is 11.4. The number of hydrogen-bond donors (Lipinski definition) is 0. The smallest absolute Gasteiger partial charge is 0.267 e. The van der Waals surface area contributed by atoms with Crippen LogP contribution in [-0.4, -0.2) is 35.3 Å². The summed E-state index contributed by atoms with van der Waals surface area (Å²) in [6.45, 7) is 12.4. The second kappa shape index (κ2) is 9.28. The summed E-state index contributed by atoms with van der Waals surface area (Å²) in [6.07, 6.45) is 1.83. The molecule has 8 heteroatoms. The van der Waals surface area contributed by atoms with Gasteiger partial charge in [0.25, 0.3) is 5.56 Å². The van der Waals surface area contributed by atoms with E-state index in [1.807, 2.05) is 86.7 Å². The van der Waals surface area contributed by atoms with Crippen LogP contribution in [0.2, 0.25) is 0 Å². The molecular weight excluding hydrogens is 470 g/mol. The van der Waals surface area contributed by atoms with Gasteiger partial charge in [-0.2, -0.15) is 0 Å². The summed E-state index contributed by atoms with van der Waals surface area (Å²) < 4.78 is 5.56. The number of benzene rings is 2. The molecule has 0 atom stereocenters. The quantitative estimate of drug-likeness (QED) is 0.175. The zero-order chi connectivity index (χ0) is 25.6. The van der Waals surface area contributed by atoms with Crippen molar-refractivity contribution in [2.75, 3.05) is 5.75 Å². The van der Waals surface area contributed by atoms with Crippen molar-refractivity contribution in [1.29, 1.82) is 0 Å². The van der Waals surface area contributed by atoms with Gasteiger partial charge in [0.2, 0.25) is 5.78 Å². The van der Waals surface area contributed by atoms with Gasteiger partial charge in [-0.25, -0.2) is 4.57 Å². The standard InChI is InChI=1S/C28H27N5O2S/c1-6-13-31-19(4)15-22(20(31)5)25(34)16-36-28-30-29-27-32(23-12-11-17(2)14-18(23)3)26(35)21-9-7-8-10-24(21)33(27)28/h6-12,14-15H,1,13,16H2,2-5H3. The van der Waals surface area contributed by atoms with Crippen molar-refractivity contribution < 1.29 is 4.79 Å². The molecular formula is C28H27N5O2S. The first kappa shape index (κ1) is 23.8. The van der Waals surface area contributed by atoms with Gasteiger partial charge < -0.3 is 4.57 Å². The van der Waals surface area contributed by atoms with Gasteiger partial charge in [-0.3, -0.25) is 14.0 Å². The van der Waals surface area contributed by atoms with Crippen LogP contribution in [0, 0.1) is 27.7 Å². The number of thioether (sulfide) groups is 1. The van der Waals surface area contributed by atoms with E-state index in [0.717, 1.165) is 28.2 Å². The Hall–Kier alpha value is -3.91. The first-order valence-corrected chi connectivity index (χ1v) is 12.7. The maximum atomic E-state index is 13.6. The highest BCUT2D eigenvalue weighted by molar-refractivity contribution is 7.99. The van der Waals surface area contributed by atoms with Crippen molar-refractivity contribution >= 4 is 34.2 Å². The molecule has 0 saturated heterocycles. The Kier molecular flexibility index (Phi) is 6.14. The average molecular weight is 498 g/mol. The lowest BCUT2D eigenvalue weighted by molar-refractivity contribution is 0.102. The Morgan fingerprint density at radius 1 is 1.06 bits per heavy atom. The first-order chi connectivity index (χ1) is 17.3. The molecule has 0 amide bonds. The third kappa shape index (κ3) is 3.87. The number of hydrogen-bond acceptors (Lipinski definition) is 5. The van der Waals surface area contributed by atoms with Crippen LogP contribution in [0.15, 0.2) is 71.1 Å². The highest BCUT2D eigenvalue weighted by Gasteiger charge is 2.21. The van der Waals surface area contributed by atoms with Crippen LogP contribution in [0.3, 0.4) is 0 Å². The molecule has 0 aliphatic heterocycles. The predicted octanol–water partition coefficient (Wildman–Crippen LogP) is 5.23. The minimum absolute atomic E-state index is 0.0205. The van der Waals surface area contributed by atoms with Crippen LogP contribution in [0.1, 0.15) is 32.9 Å². The molecule has 5 aromatic rings. The van der Waals surface area contributed by atoms with Gasteiger partial charge in [0.1, 0.15) is 0 Å². The molecule has 36 heavy (non-hydrogen) atoms. The predicted molar refractivity (Wildman–Crippen MR) is 145 cm³/mol. The Labute approximate surface area is 213 Å². The second-order valence-corrected chi connectivity index (χ2v) is 9.90. The summed E-state index contributed by atoms with van der Waals surface area (Å²) in [6, 6.07) is 15.3. The van der Waals surface area contributed by atoms with E-state index in [2.05, 4.69) is 21.3 Å². The molecule has 0 aliphatic rings. The number of Topliss-reactive ketones (excluding diaryl/α,β-unsaturated/α-hetero) is 1. The Bertz CT molecular complexity index is 1720. The molecule has 3 aromatic heterocycles. The highest BCUT2D eigenvalue weighted by Crippen LogP contribution is 2.26. The minimum atomic E-state index is -0.153. The van der Waals surface area contributed by atoms with Gasteiger partial charge in [-0.1, -0.05) is 47.7 Å². The number of fused-ring (bicyclic) bond motifs is 3. The van der Waals surface area contributed by atoms with Gasteiger partial charge in [0.15, 0.2) is 10.9 Å². The lowest BCUT2D eigenvalue weighted by Gasteiger charge is -2.13. The van der Waals surface area contributed by atoms with E-state index in [9.17, 15) is 9.59 Å². The molecule has 2 aromatic carbocycles. The zero-order valence-electron chi connectivity index (χ0n) is 20.8. The van der Waals surface area contributed by atoms with E-state index < -0.39 is 0 Å². The molecule has 0 N–H and O–H groups in total. The Morgan fingerprint density at radius 3 is 2.58 bits per heavy atom. The van der Waals surface area contributed by atoms with Gasteiger partial charge in [-0.05, 0) is 57.5 Å². The molecule has 0 fully saturated rings. The zero-order valence-corrected chi connectivity index (χ0v) is 21.6. The topological polar surface area (TPSA) is 74.2 Å². The van der Waals surface area contributed by atoms with E-state index in [-0.39, 0.29) is 17.1 Å². The summed E-state index contributed by atoms with van der Waals surface area (Å²) in [5, 5.41) is 9.94. The number of ketones is 1. The van der Waals surface area contributed by atoms with Crippen LogP contribution in [-0.2, 0) is 6.54 Å². The number of carbonyl (C=O) groups excluding carboxylic acids is 1. The maximum Gasteiger partial charge on any atom is 0.267 e. The molecule has 0 aliphatic carbocycles. The first-order valence-electron chi connectivity index (χ1n) is 11.7. The maximum absolute atomic E-state index is 13.6. The monoisotopic (exact) mass is 497 g/mol. The molecule has 5 rings (SSSR count). The summed E-state index contributed by atoms with van der Waals surface area (Å²) in [5.74, 6) is 0.646. The second-order valence-electron chi connectivity index (χ2n) is 8.96. The van der Waals surface area contributed by atoms with Crippen molar-refractivity contribution in [1.82, 2.24) is 23.7 Å². The molecule has 0 spiro atoms. The van der Waals surface area contributed by atoms with Gasteiger partial charge in [0, 0.05) is 23.5 Å². The van der Waals surface area contributed by atoms with Crippen molar-refractivity contribution in [2.45, 2.75) is 39.4 Å². The largest absolute Gasteiger partial charge is 0.345 e. The van der Waals surface area contributed by atoms with Crippen LogP contribution >= 0.6 is 11.8 Å². The van der Waals surface area contributed by atoms with E-state index in [1.165, 1.54) is 11.8 Å². The molecule has 3 heterocycles. The molecule has 0 saturated carbocycles. The molecule has 0 radical (unpaired) electrons. The fourth-order valence-electron chi connectivity index (χ4n) is 4.75. The Morgan fingerprint density at radius 2 is 1.83 bits per heavy atom. The van der Waals surface area contributed by atoms with Crippen LogP contribution in [0.25, 0.3) is 22.4 Å². The number of para-hydroxylation sites is 1. The van der Waals surface area contributed by atoms with Crippen LogP contribution in [0.4, 0.5) is 0 Å². The van der Waals surface area contributed by atoms with Crippen molar-refractivity contribution in [3.05, 3.63) is 99.6 Å². The third-order valence-corrected chi connectivity index (χ3v) is 7.43. The van der Waals surface area contributed by atoms with Crippen molar-refractivity contribution in [2.24, 2.45) is 0 Å². The van der Waals surface area contributed by atoms with E-state index >= 15 is 0 Å². The van der Waals surface area contributed by atoms with Crippen LogP contribution < -0.4 is 5.56 Å². The van der Waals surface area contributed by atoms with E-state index in [0.29, 0.717) is 33.9 Å². The number of nitrogens with zero attached hydrogens (tertiary/aromatic N) is 5. The molecule has 182 valence electrons. The number of allylic oxidation sites excluding steroid dienone is 1. The number of carbonyl (C=O) groups is 1. The Balaban J connectivity index is 1.60. The van der Waals surface area contributed by atoms with Crippen LogP contribution in [0.5, 0.6) is 0 Å². The van der Waals surface area contributed by atoms with Gasteiger partial charge in [0.05, 0.1) is 22.3 Å².